The van der Waals surface area contributed by atoms with Crippen molar-refractivity contribution >= 4 is 11.8 Å². The number of amides is 2. The highest BCUT2D eigenvalue weighted by Crippen LogP contribution is 2.14. The summed E-state index contributed by atoms with van der Waals surface area (Å²) in [5, 5.41) is 0. The smallest absolute Gasteiger partial charge is 0.260 e. The van der Waals surface area contributed by atoms with E-state index in [0.29, 0.717) is 17.9 Å². The van der Waals surface area contributed by atoms with Gasteiger partial charge in [-0.3, -0.25) is 9.59 Å². The molecule has 6 nitrogen and oxygen atoms in total. The van der Waals surface area contributed by atoms with Gasteiger partial charge in [0.25, 0.3) is 11.8 Å². The van der Waals surface area contributed by atoms with Gasteiger partial charge in [0.05, 0.1) is 6.54 Å². The third kappa shape index (κ3) is 4.62. The minimum Gasteiger partial charge on any atom is -0.484 e. The van der Waals surface area contributed by atoms with Gasteiger partial charge in [-0.05, 0) is 43.3 Å². The molecule has 0 radical (unpaired) electrons. The van der Waals surface area contributed by atoms with Crippen LogP contribution in [-0.4, -0.2) is 49.4 Å². The Morgan fingerprint density at radius 3 is 2.25 bits per heavy atom. The van der Waals surface area contributed by atoms with Gasteiger partial charge in [0.15, 0.2) is 6.61 Å². The molecule has 2 amide bonds. The van der Waals surface area contributed by atoms with Crippen LogP contribution in [0.25, 0.3) is 0 Å². The fourth-order valence-corrected chi connectivity index (χ4v) is 2.10. The van der Waals surface area contributed by atoms with E-state index in [1.165, 1.54) is 4.90 Å². The Morgan fingerprint density at radius 1 is 1.04 bits per heavy atom. The minimum atomic E-state index is -0.155. The molecule has 0 atom stereocenters. The van der Waals surface area contributed by atoms with Crippen molar-refractivity contribution < 1.29 is 18.7 Å². The summed E-state index contributed by atoms with van der Waals surface area (Å²) in [5.41, 5.74) is 0.573. The molecule has 0 spiro atoms. The van der Waals surface area contributed by atoms with Crippen molar-refractivity contribution in [2.45, 2.75) is 13.5 Å². The Kier molecular flexibility index (Phi) is 5.63. The van der Waals surface area contributed by atoms with E-state index in [-0.39, 0.29) is 18.4 Å². The maximum Gasteiger partial charge on any atom is 0.260 e. The number of furan rings is 1. The van der Waals surface area contributed by atoms with E-state index in [0.717, 1.165) is 11.5 Å². The number of benzene rings is 1. The lowest BCUT2D eigenvalue weighted by molar-refractivity contribution is -0.132. The Labute approximate surface area is 141 Å². The summed E-state index contributed by atoms with van der Waals surface area (Å²) in [6.45, 7) is 2.18. The number of hydrogen-bond donors (Lipinski definition) is 0. The van der Waals surface area contributed by atoms with Crippen molar-refractivity contribution in [1.82, 2.24) is 9.80 Å². The third-order valence-corrected chi connectivity index (χ3v) is 3.48. The predicted octanol–water partition coefficient (Wildman–Crippen LogP) is 2.33. The first-order valence-corrected chi connectivity index (χ1v) is 7.60. The van der Waals surface area contributed by atoms with Gasteiger partial charge in [-0.25, -0.2) is 0 Å². The monoisotopic (exact) mass is 330 g/mol. The van der Waals surface area contributed by atoms with Crippen LogP contribution in [0.4, 0.5) is 0 Å². The summed E-state index contributed by atoms with van der Waals surface area (Å²) >= 11 is 0. The molecule has 2 aromatic rings. The molecule has 0 unspecified atom stereocenters. The van der Waals surface area contributed by atoms with Crippen LogP contribution in [0.15, 0.2) is 40.8 Å². The maximum absolute atomic E-state index is 12.1. The Balaban J connectivity index is 1.85. The van der Waals surface area contributed by atoms with Gasteiger partial charge in [-0.2, -0.15) is 0 Å². The van der Waals surface area contributed by atoms with Crippen LogP contribution in [0, 0.1) is 6.92 Å². The molecule has 1 aromatic heterocycles. The number of hydrogen-bond acceptors (Lipinski definition) is 4. The number of carbonyl (C=O) groups excluding carboxylic acids is 2. The van der Waals surface area contributed by atoms with E-state index in [4.69, 9.17) is 9.15 Å². The molecule has 0 aliphatic carbocycles. The first-order chi connectivity index (χ1) is 11.4. The van der Waals surface area contributed by atoms with Crippen LogP contribution >= 0.6 is 0 Å². The quantitative estimate of drug-likeness (QED) is 0.815. The van der Waals surface area contributed by atoms with Crippen molar-refractivity contribution in [2.75, 3.05) is 27.7 Å². The fraction of sp³-hybridized carbons (Fsp3) is 0.333. The predicted molar refractivity (Wildman–Crippen MR) is 89.9 cm³/mol. The highest BCUT2D eigenvalue weighted by Gasteiger charge is 2.13. The second-order valence-corrected chi connectivity index (χ2v) is 5.77. The van der Waals surface area contributed by atoms with Gasteiger partial charge in [0.2, 0.25) is 0 Å². The Hall–Kier alpha value is -2.76. The van der Waals surface area contributed by atoms with Gasteiger partial charge in [0, 0.05) is 26.7 Å². The molecule has 0 aliphatic rings. The van der Waals surface area contributed by atoms with Crippen LogP contribution in [0.5, 0.6) is 5.75 Å². The Morgan fingerprint density at radius 2 is 1.71 bits per heavy atom. The molecular formula is C18H22N2O4. The molecule has 0 N–H and O–H groups in total. The molecule has 1 aromatic carbocycles. The van der Waals surface area contributed by atoms with E-state index in [9.17, 15) is 9.59 Å². The van der Waals surface area contributed by atoms with Crippen LogP contribution in [0.3, 0.4) is 0 Å². The van der Waals surface area contributed by atoms with E-state index in [1.54, 1.807) is 50.3 Å². The summed E-state index contributed by atoms with van der Waals surface area (Å²) in [4.78, 5) is 26.9. The normalized spacial score (nSPS) is 10.3. The summed E-state index contributed by atoms with van der Waals surface area (Å²) in [5.74, 6) is 1.86. The molecule has 6 heteroatoms. The highest BCUT2D eigenvalue weighted by atomic mass is 16.5. The first-order valence-electron chi connectivity index (χ1n) is 7.60. The van der Waals surface area contributed by atoms with Crippen LogP contribution in [0.1, 0.15) is 21.9 Å². The lowest BCUT2D eigenvalue weighted by Gasteiger charge is -2.16. The van der Waals surface area contributed by atoms with Crippen molar-refractivity contribution in [3.8, 4) is 5.75 Å². The molecule has 0 saturated carbocycles. The average Bonchev–Trinajstić information content (AvgIpc) is 2.97. The van der Waals surface area contributed by atoms with Crippen LogP contribution < -0.4 is 4.74 Å². The third-order valence-electron chi connectivity index (χ3n) is 3.48. The number of aryl methyl sites for hydroxylation is 1. The van der Waals surface area contributed by atoms with E-state index in [2.05, 4.69) is 0 Å². The fourth-order valence-electron chi connectivity index (χ4n) is 2.10. The largest absolute Gasteiger partial charge is 0.484 e. The van der Waals surface area contributed by atoms with Gasteiger partial charge in [-0.15, -0.1) is 0 Å². The van der Waals surface area contributed by atoms with E-state index in [1.807, 2.05) is 19.1 Å². The van der Waals surface area contributed by atoms with Gasteiger partial charge < -0.3 is 19.0 Å². The van der Waals surface area contributed by atoms with Crippen LogP contribution in [-0.2, 0) is 11.3 Å². The number of likely N-dealkylation sites (N-methyl/N-ethyl adjacent to an activating group) is 1. The first kappa shape index (κ1) is 17.6. The molecule has 0 bridgehead atoms. The highest BCUT2D eigenvalue weighted by molar-refractivity contribution is 5.93. The summed E-state index contributed by atoms with van der Waals surface area (Å²) < 4.78 is 10.9. The van der Waals surface area contributed by atoms with Crippen molar-refractivity contribution in [3.05, 3.63) is 53.5 Å². The molecule has 0 saturated heterocycles. The van der Waals surface area contributed by atoms with Crippen LogP contribution in [0.2, 0.25) is 0 Å². The van der Waals surface area contributed by atoms with Crippen molar-refractivity contribution in [3.63, 3.8) is 0 Å². The standard InChI is InChI=1S/C18H22N2O4/c1-13-5-8-16(24-13)11-20(4)17(21)12-23-15-9-6-14(7-10-15)18(22)19(2)3/h5-10H,11-12H2,1-4H3. The Bertz CT molecular complexity index is 704. The minimum absolute atomic E-state index is 0.0723. The van der Waals surface area contributed by atoms with Gasteiger partial charge in [0.1, 0.15) is 17.3 Å². The molecule has 0 fully saturated rings. The second-order valence-electron chi connectivity index (χ2n) is 5.77. The number of carbonyl (C=O) groups is 2. The SMILES string of the molecule is Cc1ccc(CN(C)C(=O)COc2ccc(C(=O)N(C)C)cc2)o1. The number of nitrogens with zero attached hydrogens (tertiary/aromatic N) is 2. The molecular weight excluding hydrogens is 308 g/mol. The number of ether oxygens (including phenoxy) is 1. The molecule has 128 valence electrons. The summed E-state index contributed by atoms with van der Waals surface area (Å²) in [6.07, 6.45) is 0. The van der Waals surface area contributed by atoms with Crippen molar-refractivity contribution in [2.24, 2.45) is 0 Å². The molecule has 0 aliphatic heterocycles. The molecule has 2 rings (SSSR count). The zero-order chi connectivity index (χ0) is 17.7. The zero-order valence-corrected chi connectivity index (χ0v) is 14.4. The zero-order valence-electron chi connectivity index (χ0n) is 14.4. The average molecular weight is 330 g/mol. The topological polar surface area (TPSA) is 63.0 Å². The lowest BCUT2D eigenvalue weighted by Crippen LogP contribution is -2.30. The number of rotatable bonds is 6. The van der Waals surface area contributed by atoms with Crippen molar-refractivity contribution in [1.29, 1.82) is 0 Å². The molecule has 1 heterocycles. The maximum atomic E-state index is 12.1. The summed E-state index contributed by atoms with van der Waals surface area (Å²) in [6, 6.07) is 10.4. The van der Waals surface area contributed by atoms with E-state index < -0.39 is 0 Å². The van der Waals surface area contributed by atoms with E-state index >= 15 is 0 Å². The van der Waals surface area contributed by atoms with Gasteiger partial charge in [-0.1, -0.05) is 0 Å². The molecule has 24 heavy (non-hydrogen) atoms. The summed E-state index contributed by atoms with van der Waals surface area (Å²) in [7, 11) is 5.09. The lowest BCUT2D eigenvalue weighted by atomic mass is 10.2. The van der Waals surface area contributed by atoms with Gasteiger partial charge >= 0.3 is 0 Å². The second kappa shape index (κ2) is 7.68.